The quantitative estimate of drug-likeness (QED) is 0.810. The summed E-state index contributed by atoms with van der Waals surface area (Å²) in [4.78, 5) is 23.7. The van der Waals surface area contributed by atoms with E-state index in [1.165, 1.54) is 7.11 Å². The van der Waals surface area contributed by atoms with Crippen molar-refractivity contribution in [2.75, 3.05) is 25.6 Å². The van der Waals surface area contributed by atoms with E-state index >= 15 is 0 Å². The molecule has 0 aliphatic rings. The Morgan fingerprint density at radius 3 is 2.36 bits per heavy atom. The van der Waals surface area contributed by atoms with Gasteiger partial charge < -0.3 is 20.1 Å². The minimum absolute atomic E-state index is 0.124. The van der Waals surface area contributed by atoms with Crippen LogP contribution in [0.5, 0.6) is 11.5 Å². The van der Waals surface area contributed by atoms with Crippen molar-refractivity contribution in [1.82, 2.24) is 5.32 Å². The third kappa shape index (κ3) is 5.53. The minimum atomic E-state index is -0.388. The molecule has 0 aliphatic heterocycles. The normalized spacial score (nSPS) is 10.0. The molecule has 2 aromatic carbocycles. The Balaban J connectivity index is 1.77. The highest BCUT2D eigenvalue weighted by Gasteiger charge is 2.09. The van der Waals surface area contributed by atoms with Crippen molar-refractivity contribution in [3.63, 3.8) is 0 Å². The Kier molecular flexibility index (Phi) is 6.39. The summed E-state index contributed by atoms with van der Waals surface area (Å²) in [7, 11) is 1.53. The molecule has 6 nitrogen and oxygen atoms in total. The first-order valence-electron chi connectivity index (χ1n) is 7.89. The summed E-state index contributed by atoms with van der Waals surface area (Å²) in [6, 6.07) is 12.7. The summed E-state index contributed by atoms with van der Waals surface area (Å²) in [6.45, 7) is 3.66. The van der Waals surface area contributed by atoms with E-state index in [0.29, 0.717) is 17.2 Å². The van der Waals surface area contributed by atoms with Crippen molar-refractivity contribution in [3.8, 4) is 11.5 Å². The van der Waals surface area contributed by atoms with E-state index in [1.807, 2.05) is 38.1 Å². The van der Waals surface area contributed by atoms with Crippen molar-refractivity contribution < 1.29 is 19.1 Å². The number of hydrogen-bond donors (Lipinski definition) is 2. The predicted molar refractivity (Wildman–Crippen MR) is 96.0 cm³/mol. The number of para-hydroxylation sites is 2. The summed E-state index contributed by atoms with van der Waals surface area (Å²) in [5.74, 6) is 0.331. The summed E-state index contributed by atoms with van der Waals surface area (Å²) in [6.07, 6.45) is 0. The maximum absolute atomic E-state index is 11.9. The largest absolute Gasteiger partial charge is 0.493 e. The Morgan fingerprint density at radius 2 is 1.68 bits per heavy atom. The summed E-state index contributed by atoms with van der Waals surface area (Å²) in [5.41, 5.74) is 2.94. The van der Waals surface area contributed by atoms with Gasteiger partial charge in [-0.1, -0.05) is 18.2 Å². The Hall–Kier alpha value is -3.02. The topological polar surface area (TPSA) is 76.7 Å². The van der Waals surface area contributed by atoms with Crippen LogP contribution >= 0.6 is 0 Å². The van der Waals surface area contributed by atoms with Crippen molar-refractivity contribution in [1.29, 1.82) is 0 Å². The number of carbonyl (C=O) groups is 2. The lowest BCUT2D eigenvalue weighted by Crippen LogP contribution is -2.35. The standard InChI is InChI=1S/C19H22N2O4/c1-13-8-9-15(10-14(13)2)21-18(22)11-20-19(23)12-25-17-7-5-4-6-16(17)24-3/h4-10H,11-12H2,1-3H3,(H,20,23)(H,21,22). The number of benzene rings is 2. The molecule has 132 valence electrons. The molecule has 0 heterocycles. The zero-order valence-corrected chi connectivity index (χ0v) is 14.6. The van der Waals surface area contributed by atoms with Gasteiger partial charge in [-0.15, -0.1) is 0 Å². The third-order valence-electron chi connectivity index (χ3n) is 3.66. The molecule has 0 fully saturated rings. The number of anilines is 1. The highest BCUT2D eigenvalue weighted by atomic mass is 16.5. The lowest BCUT2D eigenvalue weighted by atomic mass is 10.1. The zero-order valence-electron chi connectivity index (χ0n) is 14.6. The molecule has 0 radical (unpaired) electrons. The van der Waals surface area contributed by atoms with E-state index in [-0.39, 0.29) is 25.0 Å². The molecule has 0 bridgehead atoms. The van der Waals surface area contributed by atoms with E-state index in [2.05, 4.69) is 10.6 Å². The first-order valence-corrected chi connectivity index (χ1v) is 7.89. The molecule has 0 aromatic heterocycles. The van der Waals surface area contributed by atoms with E-state index in [4.69, 9.17) is 9.47 Å². The van der Waals surface area contributed by atoms with Crippen LogP contribution in [0, 0.1) is 13.8 Å². The third-order valence-corrected chi connectivity index (χ3v) is 3.66. The van der Waals surface area contributed by atoms with Crippen molar-refractivity contribution in [2.24, 2.45) is 0 Å². The van der Waals surface area contributed by atoms with Crippen LogP contribution in [-0.4, -0.2) is 32.1 Å². The monoisotopic (exact) mass is 342 g/mol. The van der Waals surface area contributed by atoms with Gasteiger partial charge in [0.05, 0.1) is 13.7 Å². The van der Waals surface area contributed by atoms with E-state index in [1.54, 1.807) is 18.2 Å². The number of rotatable bonds is 7. The second-order valence-corrected chi connectivity index (χ2v) is 5.56. The molecule has 25 heavy (non-hydrogen) atoms. The van der Waals surface area contributed by atoms with Crippen LogP contribution in [-0.2, 0) is 9.59 Å². The van der Waals surface area contributed by atoms with Crippen LogP contribution in [0.2, 0.25) is 0 Å². The molecule has 0 aliphatic carbocycles. The van der Waals surface area contributed by atoms with Crippen LogP contribution in [0.25, 0.3) is 0 Å². The maximum Gasteiger partial charge on any atom is 0.258 e. The number of amides is 2. The molecule has 0 saturated heterocycles. The SMILES string of the molecule is COc1ccccc1OCC(=O)NCC(=O)Nc1ccc(C)c(C)c1. The number of methoxy groups -OCH3 is 1. The highest BCUT2D eigenvalue weighted by molar-refractivity contribution is 5.94. The minimum Gasteiger partial charge on any atom is -0.493 e. The summed E-state index contributed by atoms with van der Waals surface area (Å²) >= 11 is 0. The number of aryl methyl sites for hydroxylation is 2. The molecule has 2 aromatic rings. The first kappa shape index (κ1) is 18.3. The Labute approximate surface area is 147 Å². The van der Waals surface area contributed by atoms with E-state index < -0.39 is 0 Å². The van der Waals surface area contributed by atoms with Gasteiger partial charge in [0.15, 0.2) is 18.1 Å². The lowest BCUT2D eigenvalue weighted by Gasteiger charge is -2.11. The fourth-order valence-corrected chi connectivity index (χ4v) is 2.14. The van der Waals surface area contributed by atoms with E-state index in [0.717, 1.165) is 11.1 Å². The van der Waals surface area contributed by atoms with Crippen LogP contribution in [0.15, 0.2) is 42.5 Å². The Morgan fingerprint density at radius 1 is 0.960 bits per heavy atom. The smallest absolute Gasteiger partial charge is 0.258 e. The summed E-state index contributed by atoms with van der Waals surface area (Å²) < 4.78 is 10.5. The van der Waals surface area contributed by atoms with Gasteiger partial charge >= 0.3 is 0 Å². The molecule has 2 amide bonds. The highest BCUT2D eigenvalue weighted by Crippen LogP contribution is 2.25. The van der Waals surface area contributed by atoms with Crippen LogP contribution < -0.4 is 20.1 Å². The maximum atomic E-state index is 11.9. The van der Waals surface area contributed by atoms with Crippen molar-refractivity contribution in [3.05, 3.63) is 53.6 Å². The number of carbonyl (C=O) groups excluding carboxylic acids is 2. The zero-order chi connectivity index (χ0) is 18.2. The average Bonchev–Trinajstić information content (AvgIpc) is 2.61. The molecule has 2 rings (SSSR count). The fourth-order valence-electron chi connectivity index (χ4n) is 2.14. The van der Waals surface area contributed by atoms with Crippen LogP contribution in [0.3, 0.4) is 0 Å². The molecule has 0 spiro atoms. The van der Waals surface area contributed by atoms with Gasteiger partial charge in [-0.05, 0) is 49.2 Å². The molecular formula is C19H22N2O4. The van der Waals surface area contributed by atoms with Gasteiger partial charge in [-0.3, -0.25) is 9.59 Å². The van der Waals surface area contributed by atoms with Gasteiger partial charge in [0, 0.05) is 5.69 Å². The second-order valence-electron chi connectivity index (χ2n) is 5.56. The number of ether oxygens (including phenoxy) is 2. The average molecular weight is 342 g/mol. The van der Waals surface area contributed by atoms with Gasteiger partial charge in [-0.2, -0.15) is 0 Å². The van der Waals surface area contributed by atoms with Gasteiger partial charge in [0.1, 0.15) is 0 Å². The van der Waals surface area contributed by atoms with Crippen LogP contribution in [0.1, 0.15) is 11.1 Å². The second kappa shape index (κ2) is 8.73. The first-order chi connectivity index (χ1) is 12.0. The lowest BCUT2D eigenvalue weighted by molar-refractivity contribution is -0.125. The molecule has 0 saturated carbocycles. The number of nitrogens with one attached hydrogen (secondary N) is 2. The molecule has 0 atom stereocenters. The summed E-state index contributed by atoms with van der Waals surface area (Å²) in [5, 5.41) is 5.26. The molecule has 0 unspecified atom stereocenters. The van der Waals surface area contributed by atoms with Gasteiger partial charge in [0.25, 0.3) is 5.91 Å². The fraction of sp³-hybridized carbons (Fsp3) is 0.263. The number of hydrogen-bond acceptors (Lipinski definition) is 4. The molecule has 2 N–H and O–H groups in total. The molecule has 6 heteroatoms. The van der Waals surface area contributed by atoms with Crippen LogP contribution in [0.4, 0.5) is 5.69 Å². The predicted octanol–water partition coefficient (Wildman–Crippen LogP) is 2.45. The van der Waals surface area contributed by atoms with Gasteiger partial charge in [-0.25, -0.2) is 0 Å². The molecular weight excluding hydrogens is 320 g/mol. The van der Waals surface area contributed by atoms with Gasteiger partial charge in [0.2, 0.25) is 5.91 Å². The van der Waals surface area contributed by atoms with E-state index in [9.17, 15) is 9.59 Å². The van der Waals surface area contributed by atoms with Crippen molar-refractivity contribution in [2.45, 2.75) is 13.8 Å². The van der Waals surface area contributed by atoms with Crippen molar-refractivity contribution >= 4 is 17.5 Å². The Bertz CT molecular complexity index is 759.